The Morgan fingerprint density at radius 1 is 0.929 bits per heavy atom. The Kier molecular flexibility index (Phi) is 5.75. The quantitative estimate of drug-likeness (QED) is 0.645. The highest BCUT2D eigenvalue weighted by Gasteiger charge is 2.18. The van der Waals surface area contributed by atoms with Gasteiger partial charge in [-0.05, 0) is 48.4 Å². The van der Waals surface area contributed by atoms with E-state index < -0.39 is 21.7 Å². The van der Waals surface area contributed by atoms with Gasteiger partial charge in [0.2, 0.25) is 0 Å². The monoisotopic (exact) mass is 398 g/mol. The van der Waals surface area contributed by atoms with E-state index in [0.29, 0.717) is 12.1 Å². The summed E-state index contributed by atoms with van der Waals surface area (Å²) in [6.07, 6.45) is 0.670. The van der Waals surface area contributed by atoms with E-state index in [1.54, 1.807) is 18.2 Å². The summed E-state index contributed by atoms with van der Waals surface area (Å²) in [5.41, 5.74) is 1.48. The second kappa shape index (κ2) is 8.22. The van der Waals surface area contributed by atoms with Gasteiger partial charge in [0, 0.05) is 5.56 Å². The normalized spacial score (nSPS) is 11.1. The summed E-state index contributed by atoms with van der Waals surface area (Å²) in [5, 5.41) is 2.44. The van der Waals surface area contributed by atoms with Crippen LogP contribution in [0.2, 0.25) is 0 Å². The van der Waals surface area contributed by atoms with Crippen LogP contribution >= 0.6 is 0 Å². The fourth-order valence-electron chi connectivity index (χ4n) is 2.69. The molecule has 0 spiro atoms. The summed E-state index contributed by atoms with van der Waals surface area (Å²) in [5.74, 6) is -1.17. The van der Waals surface area contributed by atoms with E-state index in [4.69, 9.17) is 0 Å². The van der Waals surface area contributed by atoms with Crippen LogP contribution in [0.5, 0.6) is 0 Å². The zero-order chi connectivity index (χ0) is 20.1. The highest BCUT2D eigenvalue weighted by atomic mass is 32.2. The number of hydrogen-bond acceptors (Lipinski definition) is 3. The van der Waals surface area contributed by atoms with Crippen molar-refractivity contribution in [3.63, 3.8) is 0 Å². The van der Waals surface area contributed by atoms with E-state index in [-0.39, 0.29) is 16.1 Å². The van der Waals surface area contributed by atoms with Crippen molar-refractivity contribution in [2.75, 3.05) is 10.0 Å². The molecule has 3 aromatic carbocycles. The molecule has 0 aliphatic carbocycles. The average Bonchev–Trinajstić information content (AvgIpc) is 2.70. The Bertz CT molecular complexity index is 1110. The van der Waals surface area contributed by atoms with Crippen LogP contribution in [0.15, 0.2) is 77.7 Å². The van der Waals surface area contributed by atoms with Gasteiger partial charge in [0.25, 0.3) is 15.9 Å². The minimum atomic E-state index is -3.89. The second-order valence-electron chi connectivity index (χ2n) is 6.08. The molecule has 0 aromatic heterocycles. The van der Waals surface area contributed by atoms with E-state index in [1.165, 1.54) is 42.5 Å². The van der Waals surface area contributed by atoms with Crippen LogP contribution in [0.25, 0.3) is 0 Å². The molecule has 0 bridgehead atoms. The Labute approximate surface area is 163 Å². The van der Waals surface area contributed by atoms with Gasteiger partial charge < -0.3 is 5.32 Å². The van der Waals surface area contributed by atoms with Gasteiger partial charge in [0.05, 0.1) is 16.3 Å². The van der Waals surface area contributed by atoms with Crippen molar-refractivity contribution in [3.05, 3.63) is 89.7 Å². The van der Waals surface area contributed by atoms with Gasteiger partial charge in [-0.1, -0.05) is 43.3 Å². The first-order valence-electron chi connectivity index (χ1n) is 8.67. The van der Waals surface area contributed by atoms with Gasteiger partial charge in [-0.15, -0.1) is 0 Å². The molecule has 144 valence electrons. The van der Waals surface area contributed by atoms with Crippen LogP contribution < -0.4 is 10.0 Å². The molecule has 0 fully saturated rings. The first-order valence-corrected chi connectivity index (χ1v) is 10.2. The largest absolute Gasteiger partial charge is 0.319 e. The molecule has 3 aromatic rings. The molecule has 5 nitrogen and oxygen atoms in total. The lowest BCUT2D eigenvalue weighted by atomic mass is 10.1. The predicted molar refractivity (Wildman–Crippen MR) is 107 cm³/mol. The van der Waals surface area contributed by atoms with Crippen LogP contribution in [-0.2, 0) is 16.4 Å². The number of amides is 1. The van der Waals surface area contributed by atoms with Crippen LogP contribution in [0.4, 0.5) is 15.8 Å². The molecule has 7 heteroatoms. The lowest BCUT2D eigenvalue weighted by molar-refractivity contribution is 0.102. The number of sulfonamides is 1. The topological polar surface area (TPSA) is 75.3 Å². The Balaban J connectivity index is 1.86. The summed E-state index contributed by atoms with van der Waals surface area (Å²) in [6, 6.07) is 18.5. The number of carbonyl (C=O) groups excluding carboxylic acids is 1. The molecule has 0 radical (unpaired) electrons. The third-order valence-electron chi connectivity index (χ3n) is 4.17. The first kappa shape index (κ1) is 19.6. The van der Waals surface area contributed by atoms with Gasteiger partial charge >= 0.3 is 0 Å². The third kappa shape index (κ3) is 4.37. The van der Waals surface area contributed by atoms with E-state index >= 15 is 0 Å². The number of aryl methyl sites for hydroxylation is 1. The zero-order valence-corrected chi connectivity index (χ0v) is 16.0. The number of benzene rings is 3. The minimum absolute atomic E-state index is 0.0239. The summed E-state index contributed by atoms with van der Waals surface area (Å²) in [6.45, 7) is 1.93. The number of halogens is 1. The minimum Gasteiger partial charge on any atom is -0.319 e. The van der Waals surface area contributed by atoms with Crippen LogP contribution in [0.1, 0.15) is 22.8 Å². The van der Waals surface area contributed by atoms with Gasteiger partial charge in [-0.3, -0.25) is 9.52 Å². The van der Waals surface area contributed by atoms with Crippen molar-refractivity contribution in [2.24, 2.45) is 0 Å². The number of para-hydroxylation sites is 2. The van der Waals surface area contributed by atoms with Crippen molar-refractivity contribution in [2.45, 2.75) is 18.2 Å². The molecule has 0 aliphatic heterocycles. The fraction of sp³-hybridized carbons (Fsp3) is 0.0952. The maximum absolute atomic E-state index is 13.7. The molecular formula is C21H19FN2O3S. The van der Waals surface area contributed by atoms with E-state index in [0.717, 1.165) is 5.56 Å². The van der Waals surface area contributed by atoms with Crippen LogP contribution in [0.3, 0.4) is 0 Å². The number of hydrogen-bond donors (Lipinski definition) is 2. The van der Waals surface area contributed by atoms with Crippen molar-refractivity contribution >= 4 is 27.3 Å². The summed E-state index contributed by atoms with van der Waals surface area (Å²) >= 11 is 0. The Hall–Kier alpha value is -3.19. The Morgan fingerprint density at radius 3 is 2.32 bits per heavy atom. The van der Waals surface area contributed by atoms with Gasteiger partial charge in [0.1, 0.15) is 5.82 Å². The van der Waals surface area contributed by atoms with Crippen molar-refractivity contribution < 1.29 is 17.6 Å². The van der Waals surface area contributed by atoms with Gasteiger partial charge in [0.15, 0.2) is 0 Å². The SMILES string of the molecule is CCc1ccccc1NS(=O)(=O)c1cccc(C(=O)Nc2ccccc2F)c1. The molecule has 3 rings (SSSR count). The molecule has 0 aliphatic rings. The Morgan fingerprint density at radius 2 is 1.61 bits per heavy atom. The standard InChI is InChI=1S/C21H19FN2O3S/c1-2-15-8-3-5-12-19(15)24-28(26,27)17-10-7-9-16(14-17)21(25)23-20-13-6-4-11-18(20)22/h3-14,24H,2H2,1H3,(H,23,25). The van der Waals surface area contributed by atoms with Gasteiger partial charge in [-0.2, -0.15) is 0 Å². The van der Waals surface area contributed by atoms with E-state index in [9.17, 15) is 17.6 Å². The molecular weight excluding hydrogens is 379 g/mol. The third-order valence-corrected chi connectivity index (χ3v) is 5.53. The molecule has 0 atom stereocenters. The van der Waals surface area contributed by atoms with Crippen molar-refractivity contribution in [1.29, 1.82) is 0 Å². The highest BCUT2D eigenvalue weighted by molar-refractivity contribution is 7.92. The second-order valence-corrected chi connectivity index (χ2v) is 7.76. The maximum Gasteiger partial charge on any atom is 0.261 e. The van der Waals surface area contributed by atoms with E-state index in [2.05, 4.69) is 10.0 Å². The number of rotatable bonds is 6. The number of anilines is 2. The first-order chi connectivity index (χ1) is 13.4. The molecule has 0 unspecified atom stereocenters. The summed E-state index contributed by atoms with van der Waals surface area (Å²) in [4.78, 5) is 12.4. The van der Waals surface area contributed by atoms with E-state index in [1.807, 2.05) is 19.1 Å². The number of carbonyl (C=O) groups is 1. The number of nitrogens with one attached hydrogen (secondary N) is 2. The highest BCUT2D eigenvalue weighted by Crippen LogP contribution is 2.22. The lowest BCUT2D eigenvalue weighted by Gasteiger charge is -2.12. The average molecular weight is 398 g/mol. The molecule has 0 heterocycles. The molecule has 28 heavy (non-hydrogen) atoms. The molecule has 0 saturated heterocycles. The zero-order valence-electron chi connectivity index (χ0n) is 15.1. The smallest absolute Gasteiger partial charge is 0.261 e. The maximum atomic E-state index is 13.7. The lowest BCUT2D eigenvalue weighted by Crippen LogP contribution is -2.17. The van der Waals surface area contributed by atoms with Gasteiger partial charge in [-0.25, -0.2) is 12.8 Å². The predicted octanol–water partition coefficient (Wildman–Crippen LogP) is 4.44. The fourth-order valence-corrected chi connectivity index (χ4v) is 3.84. The van der Waals surface area contributed by atoms with Crippen molar-refractivity contribution in [1.82, 2.24) is 0 Å². The molecule has 1 amide bonds. The van der Waals surface area contributed by atoms with Crippen LogP contribution in [0, 0.1) is 5.82 Å². The molecule has 0 saturated carbocycles. The summed E-state index contributed by atoms with van der Waals surface area (Å²) in [7, 11) is -3.89. The summed E-state index contributed by atoms with van der Waals surface area (Å²) < 4.78 is 41.8. The van der Waals surface area contributed by atoms with Crippen molar-refractivity contribution in [3.8, 4) is 0 Å². The molecule has 2 N–H and O–H groups in total. The van der Waals surface area contributed by atoms with Crippen LogP contribution in [-0.4, -0.2) is 14.3 Å².